The van der Waals surface area contributed by atoms with Gasteiger partial charge in [-0.15, -0.1) is 0 Å². The Bertz CT molecular complexity index is 480. The fourth-order valence-electron chi connectivity index (χ4n) is 2.09. The zero-order valence-corrected chi connectivity index (χ0v) is 13.3. The Balaban J connectivity index is 2.82. The first-order chi connectivity index (χ1) is 9.89. The van der Waals surface area contributed by atoms with Crippen molar-refractivity contribution in [2.45, 2.75) is 13.8 Å². The van der Waals surface area contributed by atoms with Crippen LogP contribution in [0.4, 0.5) is 5.69 Å². The number of hydrogen-bond acceptors (Lipinski definition) is 2. The third kappa shape index (κ3) is 4.54. The van der Waals surface area contributed by atoms with Crippen LogP contribution in [0.3, 0.4) is 0 Å². The number of nitrogens with one attached hydrogen (secondary N) is 2. The van der Waals surface area contributed by atoms with Crippen molar-refractivity contribution < 1.29 is 14.2 Å². The van der Waals surface area contributed by atoms with Gasteiger partial charge in [0, 0.05) is 12.1 Å². The number of para-hydroxylation sites is 1. The Morgan fingerprint density at radius 2 is 1.76 bits per heavy atom. The maximum atomic E-state index is 12.3. The molecule has 0 aliphatic carbocycles. The summed E-state index contributed by atoms with van der Waals surface area (Å²) in [5.41, 5.74) is 6.72. The molecule has 1 aromatic carbocycles. The first kappa shape index (κ1) is 17.1. The third-order valence-corrected chi connectivity index (χ3v) is 3.88. The number of rotatable bonds is 8. The van der Waals surface area contributed by atoms with E-state index in [4.69, 9.17) is 0 Å². The number of nitrogens with zero attached hydrogens (tertiary/aromatic N) is 2. The summed E-state index contributed by atoms with van der Waals surface area (Å²) in [7, 11) is 3.77. The molecule has 1 aromatic rings. The number of quaternary nitrogens is 2. The summed E-state index contributed by atoms with van der Waals surface area (Å²) in [6.45, 7) is 5.50. The van der Waals surface area contributed by atoms with Gasteiger partial charge in [0.2, 0.25) is 0 Å². The molecule has 0 saturated carbocycles. The average Bonchev–Trinajstić information content (AvgIpc) is 2.48. The lowest BCUT2D eigenvalue weighted by atomic mass is 10.3. The second-order valence-corrected chi connectivity index (χ2v) is 5.50. The predicted molar refractivity (Wildman–Crippen MR) is 83.6 cm³/mol. The number of carbonyl (C=O) groups is 2. The smallest absolute Gasteiger partial charge is 0.274 e. The second kappa shape index (κ2) is 7.19. The van der Waals surface area contributed by atoms with Crippen molar-refractivity contribution in [2.24, 2.45) is 0 Å². The van der Waals surface area contributed by atoms with Crippen molar-refractivity contribution in [1.29, 1.82) is 0 Å². The lowest BCUT2D eigenvalue weighted by Crippen LogP contribution is -2.64. The highest BCUT2D eigenvalue weighted by molar-refractivity contribution is 5.78. The Kier molecular flexibility index (Phi) is 5.87. The highest BCUT2D eigenvalue weighted by atomic mass is 16.2. The minimum atomic E-state index is -0.109. The molecule has 116 valence electrons. The van der Waals surface area contributed by atoms with Crippen molar-refractivity contribution in [3.05, 3.63) is 30.3 Å². The molecule has 6 nitrogen and oxygen atoms in total. The van der Waals surface area contributed by atoms with E-state index in [0.29, 0.717) is 17.5 Å². The maximum Gasteiger partial charge on any atom is 0.322 e. The number of carbonyl (C=O) groups excluding carboxylic acids is 2. The van der Waals surface area contributed by atoms with Gasteiger partial charge in [0.1, 0.15) is 6.54 Å². The topological polar surface area (TPSA) is 58.2 Å². The molecule has 0 spiro atoms. The van der Waals surface area contributed by atoms with Gasteiger partial charge in [-0.2, -0.15) is 10.0 Å². The van der Waals surface area contributed by atoms with Crippen molar-refractivity contribution >= 4 is 18.0 Å². The molecule has 2 atom stereocenters. The number of likely N-dealkylation sites (N-methyl/N-ethyl adjacent to an activating group) is 1. The van der Waals surface area contributed by atoms with Crippen molar-refractivity contribution in [1.82, 2.24) is 15.4 Å². The van der Waals surface area contributed by atoms with E-state index < -0.39 is 0 Å². The number of hydrogen-bond donors (Lipinski definition) is 2. The summed E-state index contributed by atoms with van der Waals surface area (Å²) in [6.07, 6.45) is 0.627. The van der Waals surface area contributed by atoms with E-state index in [1.165, 1.54) is 0 Å². The normalized spacial score (nSPS) is 16.4. The fraction of sp³-hybridized carbons (Fsp3) is 0.467. The van der Waals surface area contributed by atoms with E-state index in [9.17, 15) is 9.59 Å². The van der Waals surface area contributed by atoms with Crippen LogP contribution in [0.15, 0.2) is 30.3 Å². The van der Waals surface area contributed by atoms with Crippen molar-refractivity contribution in [2.75, 3.05) is 33.7 Å². The van der Waals surface area contributed by atoms with Gasteiger partial charge in [-0.05, 0) is 13.8 Å². The van der Waals surface area contributed by atoms with Crippen LogP contribution in [-0.2, 0) is 9.59 Å². The monoisotopic (exact) mass is 294 g/mol. The molecule has 0 bridgehead atoms. The molecule has 1 unspecified atom stereocenters. The van der Waals surface area contributed by atoms with E-state index >= 15 is 0 Å². The van der Waals surface area contributed by atoms with Gasteiger partial charge in [-0.25, -0.2) is 10.0 Å². The molecular formula is C15H26N4O2+2. The molecule has 2 N–H and O–H groups in total. The molecule has 0 aliphatic heterocycles. The van der Waals surface area contributed by atoms with Gasteiger partial charge >= 0.3 is 5.91 Å². The Morgan fingerprint density at radius 3 is 2.24 bits per heavy atom. The van der Waals surface area contributed by atoms with E-state index in [1.54, 1.807) is 0 Å². The Labute approximate surface area is 126 Å². The highest BCUT2D eigenvalue weighted by Crippen LogP contribution is 2.17. The molecule has 1 rings (SSSR count). The predicted octanol–water partition coefficient (Wildman–Crippen LogP) is 0.802. The molecule has 2 amide bonds. The molecular weight excluding hydrogens is 268 g/mol. The molecule has 0 fully saturated rings. The van der Waals surface area contributed by atoms with Gasteiger partial charge in [0.05, 0.1) is 20.6 Å². The largest absolute Gasteiger partial charge is 0.322 e. The van der Waals surface area contributed by atoms with E-state index in [-0.39, 0.29) is 17.0 Å². The number of benzene rings is 1. The molecule has 0 saturated heterocycles. The summed E-state index contributed by atoms with van der Waals surface area (Å²) in [5.74, 6) is -0.109. The van der Waals surface area contributed by atoms with Crippen LogP contribution >= 0.6 is 0 Å². The van der Waals surface area contributed by atoms with E-state index in [2.05, 4.69) is 10.9 Å². The molecule has 0 heterocycles. The second-order valence-electron chi connectivity index (χ2n) is 5.50. The summed E-state index contributed by atoms with van der Waals surface area (Å²) >= 11 is 0. The first-order valence-electron chi connectivity index (χ1n) is 7.17. The van der Waals surface area contributed by atoms with Gasteiger partial charge in [0.25, 0.3) is 6.41 Å². The lowest BCUT2D eigenvalue weighted by molar-refractivity contribution is -0.933. The minimum absolute atomic E-state index is 0.109. The molecule has 0 aromatic heterocycles. The zero-order chi connectivity index (χ0) is 15.9. The van der Waals surface area contributed by atoms with Gasteiger partial charge in [0.15, 0.2) is 12.2 Å². The van der Waals surface area contributed by atoms with Crippen LogP contribution in [0, 0.1) is 0 Å². The Hall–Kier alpha value is -1.92. The van der Waals surface area contributed by atoms with Crippen LogP contribution in [0.2, 0.25) is 0 Å². The van der Waals surface area contributed by atoms with Crippen LogP contribution in [0.25, 0.3) is 0 Å². The summed E-state index contributed by atoms with van der Waals surface area (Å²) in [5, 5.41) is 0. The van der Waals surface area contributed by atoms with Gasteiger partial charge < -0.3 is 0 Å². The van der Waals surface area contributed by atoms with Gasteiger partial charge in [-0.1, -0.05) is 18.2 Å². The maximum absolute atomic E-state index is 12.3. The SMILES string of the molecule is CC[N+](C)(CC(=O)N[N@+](C)(CC)c1ccccc1)NC=O. The zero-order valence-electron chi connectivity index (χ0n) is 13.3. The van der Waals surface area contributed by atoms with E-state index in [0.717, 1.165) is 12.2 Å². The van der Waals surface area contributed by atoms with Gasteiger partial charge in [-0.3, -0.25) is 9.59 Å². The van der Waals surface area contributed by atoms with Crippen molar-refractivity contribution in [3.63, 3.8) is 0 Å². The minimum Gasteiger partial charge on any atom is -0.274 e. The number of amides is 2. The fourth-order valence-corrected chi connectivity index (χ4v) is 2.09. The van der Waals surface area contributed by atoms with Crippen LogP contribution in [-0.4, -0.2) is 50.6 Å². The highest BCUT2D eigenvalue weighted by Gasteiger charge is 2.30. The molecule has 0 aliphatic rings. The van der Waals surface area contributed by atoms with Crippen LogP contribution in [0.5, 0.6) is 0 Å². The summed E-state index contributed by atoms with van der Waals surface area (Å²) < 4.78 is 0.498. The van der Waals surface area contributed by atoms with Crippen molar-refractivity contribution in [3.8, 4) is 0 Å². The van der Waals surface area contributed by atoms with E-state index in [1.807, 2.05) is 58.3 Å². The lowest BCUT2D eigenvalue weighted by Gasteiger charge is -2.34. The molecule has 21 heavy (non-hydrogen) atoms. The summed E-state index contributed by atoms with van der Waals surface area (Å²) in [4.78, 5) is 23.0. The standard InChI is InChI=1S/C15H24N4O2/c1-5-18(3,16-13-20)12-15(21)17-19(4,6-2)14-10-8-7-9-11-14/h7-11,13H,5-6,12H2,1-4H3/p+2/t18?,19-/m1/s1. The Morgan fingerprint density at radius 1 is 1.14 bits per heavy atom. The average molecular weight is 294 g/mol. The third-order valence-electron chi connectivity index (χ3n) is 3.88. The molecule has 6 heteroatoms. The molecule has 0 radical (unpaired) electrons. The first-order valence-corrected chi connectivity index (χ1v) is 7.17. The summed E-state index contributed by atoms with van der Waals surface area (Å²) in [6, 6.07) is 9.83. The van der Waals surface area contributed by atoms with Crippen LogP contribution in [0.1, 0.15) is 13.8 Å². The van der Waals surface area contributed by atoms with Crippen LogP contribution < -0.4 is 15.4 Å². The quantitative estimate of drug-likeness (QED) is 0.423.